The van der Waals surface area contributed by atoms with Gasteiger partial charge in [-0.05, 0) is 30.5 Å². The van der Waals surface area contributed by atoms with E-state index in [0.717, 1.165) is 18.5 Å². The van der Waals surface area contributed by atoms with Gasteiger partial charge in [0, 0.05) is 31.5 Å². The van der Waals surface area contributed by atoms with E-state index in [0.29, 0.717) is 24.0 Å². The van der Waals surface area contributed by atoms with Gasteiger partial charge >= 0.3 is 0 Å². The van der Waals surface area contributed by atoms with Gasteiger partial charge in [-0.15, -0.1) is 24.0 Å². The number of benzene rings is 1. The van der Waals surface area contributed by atoms with Crippen LogP contribution in [0.25, 0.3) is 0 Å². The summed E-state index contributed by atoms with van der Waals surface area (Å²) in [5.74, 6) is 1.69. The van der Waals surface area contributed by atoms with Crippen LogP contribution in [-0.4, -0.2) is 36.5 Å². The molecule has 7 nitrogen and oxygen atoms in total. The fourth-order valence-corrected chi connectivity index (χ4v) is 2.19. The van der Waals surface area contributed by atoms with Gasteiger partial charge in [0.15, 0.2) is 17.5 Å². The number of rotatable bonds is 7. The maximum absolute atomic E-state index is 5.90. The SMILES string of the molecule is COc1ccc(NC(N)=NCCCc2cnn(C)c2)cc1OC.I. The average molecular weight is 445 g/mol. The maximum atomic E-state index is 5.90. The Morgan fingerprint density at radius 2 is 2.04 bits per heavy atom. The number of aryl methyl sites for hydroxylation is 2. The van der Waals surface area contributed by atoms with Crippen molar-refractivity contribution in [3.63, 3.8) is 0 Å². The van der Waals surface area contributed by atoms with E-state index in [1.807, 2.05) is 37.6 Å². The lowest BCUT2D eigenvalue weighted by molar-refractivity contribution is 0.355. The summed E-state index contributed by atoms with van der Waals surface area (Å²) in [5, 5.41) is 7.18. The average Bonchev–Trinajstić information content (AvgIpc) is 2.97. The lowest BCUT2D eigenvalue weighted by atomic mass is 10.2. The van der Waals surface area contributed by atoms with Crippen molar-refractivity contribution in [2.75, 3.05) is 26.1 Å². The van der Waals surface area contributed by atoms with Gasteiger partial charge in [-0.2, -0.15) is 5.10 Å². The lowest BCUT2D eigenvalue weighted by Crippen LogP contribution is -2.22. The van der Waals surface area contributed by atoms with Crippen LogP contribution in [0.2, 0.25) is 0 Å². The Hall–Kier alpha value is -1.97. The van der Waals surface area contributed by atoms with Crippen LogP contribution in [0, 0.1) is 0 Å². The Bertz CT molecular complexity index is 672. The topological polar surface area (TPSA) is 86.7 Å². The number of ether oxygens (including phenoxy) is 2. The molecule has 0 saturated carbocycles. The van der Waals surface area contributed by atoms with Gasteiger partial charge in [-0.25, -0.2) is 0 Å². The normalized spacial score (nSPS) is 10.9. The smallest absolute Gasteiger partial charge is 0.193 e. The predicted molar refractivity (Wildman–Crippen MR) is 107 cm³/mol. The molecule has 24 heavy (non-hydrogen) atoms. The Balaban J connectivity index is 0.00000288. The predicted octanol–water partition coefficient (Wildman–Crippen LogP) is 2.41. The van der Waals surface area contributed by atoms with Gasteiger partial charge in [0.05, 0.1) is 20.4 Å². The maximum Gasteiger partial charge on any atom is 0.193 e. The molecule has 3 N–H and O–H groups in total. The minimum absolute atomic E-state index is 0. The van der Waals surface area contributed by atoms with Crippen LogP contribution < -0.4 is 20.5 Å². The second-order valence-corrected chi connectivity index (χ2v) is 5.09. The quantitative estimate of drug-likeness (QED) is 0.296. The summed E-state index contributed by atoms with van der Waals surface area (Å²) in [6, 6.07) is 5.49. The summed E-state index contributed by atoms with van der Waals surface area (Å²) in [4.78, 5) is 4.32. The number of hydrogen-bond donors (Lipinski definition) is 2. The third kappa shape index (κ3) is 5.91. The molecule has 2 aromatic rings. The van der Waals surface area contributed by atoms with Crippen molar-refractivity contribution in [2.45, 2.75) is 12.8 Å². The highest BCUT2D eigenvalue weighted by Crippen LogP contribution is 2.29. The standard InChI is InChI=1S/C16H23N5O2.HI/c1-21-11-12(10-19-21)5-4-8-18-16(17)20-13-6-7-14(22-2)15(9-13)23-3;/h6-7,9-11H,4-5,8H2,1-3H3,(H3,17,18,20);1H. The Morgan fingerprint density at radius 3 is 2.67 bits per heavy atom. The fraction of sp³-hybridized carbons (Fsp3) is 0.375. The molecule has 0 aliphatic heterocycles. The van der Waals surface area contributed by atoms with Crippen LogP contribution >= 0.6 is 24.0 Å². The van der Waals surface area contributed by atoms with Crippen LogP contribution in [0.15, 0.2) is 35.6 Å². The summed E-state index contributed by atoms with van der Waals surface area (Å²) < 4.78 is 12.2. The van der Waals surface area contributed by atoms with E-state index in [-0.39, 0.29) is 24.0 Å². The molecule has 132 valence electrons. The number of aliphatic imine (C=N–C) groups is 1. The van der Waals surface area contributed by atoms with Crippen molar-refractivity contribution in [3.05, 3.63) is 36.2 Å². The molecule has 0 fully saturated rings. The van der Waals surface area contributed by atoms with E-state index < -0.39 is 0 Å². The number of nitrogens with zero attached hydrogens (tertiary/aromatic N) is 3. The van der Waals surface area contributed by atoms with E-state index in [1.54, 1.807) is 18.9 Å². The molecule has 1 aromatic carbocycles. The van der Waals surface area contributed by atoms with Crippen molar-refractivity contribution in [2.24, 2.45) is 17.8 Å². The number of nitrogens with two attached hydrogens (primary N) is 1. The minimum atomic E-state index is 0. The van der Waals surface area contributed by atoms with Crippen molar-refractivity contribution in [1.82, 2.24) is 9.78 Å². The van der Waals surface area contributed by atoms with E-state index in [2.05, 4.69) is 15.4 Å². The Kier molecular flexibility index (Phi) is 8.37. The number of halogens is 1. The van der Waals surface area contributed by atoms with E-state index in [9.17, 15) is 0 Å². The molecule has 8 heteroatoms. The first-order chi connectivity index (χ1) is 11.1. The molecule has 2 rings (SSSR count). The molecule has 1 aromatic heterocycles. The van der Waals surface area contributed by atoms with Crippen molar-refractivity contribution in [1.29, 1.82) is 0 Å². The van der Waals surface area contributed by atoms with Crippen LogP contribution in [0.3, 0.4) is 0 Å². The van der Waals surface area contributed by atoms with Gasteiger partial charge in [0.25, 0.3) is 0 Å². The number of nitrogens with one attached hydrogen (secondary N) is 1. The van der Waals surface area contributed by atoms with Crippen molar-refractivity contribution < 1.29 is 9.47 Å². The van der Waals surface area contributed by atoms with Gasteiger partial charge in [0.2, 0.25) is 0 Å². The molecule has 0 saturated heterocycles. The van der Waals surface area contributed by atoms with Crippen molar-refractivity contribution in [3.8, 4) is 11.5 Å². The minimum Gasteiger partial charge on any atom is -0.493 e. The largest absolute Gasteiger partial charge is 0.493 e. The highest BCUT2D eigenvalue weighted by molar-refractivity contribution is 14.0. The summed E-state index contributed by atoms with van der Waals surface area (Å²) in [7, 11) is 5.10. The molecule has 0 radical (unpaired) electrons. The summed E-state index contributed by atoms with van der Waals surface area (Å²) >= 11 is 0. The number of aromatic nitrogens is 2. The van der Waals surface area contributed by atoms with Crippen molar-refractivity contribution >= 4 is 35.6 Å². The molecular formula is C16H24IN5O2. The highest BCUT2D eigenvalue weighted by atomic mass is 127. The Morgan fingerprint density at radius 1 is 1.29 bits per heavy atom. The second-order valence-electron chi connectivity index (χ2n) is 5.09. The van der Waals surface area contributed by atoms with Gasteiger partial charge in [-0.1, -0.05) is 0 Å². The second kappa shape index (κ2) is 10.0. The third-order valence-electron chi connectivity index (χ3n) is 3.32. The molecule has 0 bridgehead atoms. The number of guanidine groups is 1. The molecule has 0 unspecified atom stereocenters. The molecule has 1 heterocycles. The fourth-order valence-electron chi connectivity index (χ4n) is 2.19. The first kappa shape index (κ1) is 20.1. The van der Waals surface area contributed by atoms with E-state index >= 15 is 0 Å². The van der Waals surface area contributed by atoms with Gasteiger partial charge in [0.1, 0.15) is 0 Å². The zero-order chi connectivity index (χ0) is 16.7. The molecule has 0 amide bonds. The zero-order valence-corrected chi connectivity index (χ0v) is 16.5. The first-order valence-electron chi connectivity index (χ1n) is 7.39. The van der Waals surface area contributed by atoms with Crippen LogP contribution in [0.4, 0.5) is 5.69 Å². The van der Waals surface area contributed by atoms with Crippen LogP contribution in [0.5, 0.6) is 11.5 Å². The number of hydrogen-bond acceptors (Lipinski definition) is 4. The zero-order valence-electron chi connectivity index (χ0n) is 14.2. The van der Waals surface area contributed by atoms with E-state index in [4.69, 9.17) is 15.2 Å². The monoisotopic (exact) mass is 445 g/mol. The molecule has 0 aliphatic rings. The highest BCUT2D eigenvalue weighted by Gasteiger charge is 2.05. The molecule has 0 aliphatic carbocycles. The molecule has 0 spiro atoms. The molecular weight excluding hydrogens is 421 g/mol. The van der Waals surface area contributed by atoms with E-state index in [1.165, 1.54) is 5.56 Å². The van der Waals surface area contributed by atoms with Crippen LogP contribution in [0.1, 0.15) is 12.0 Å². The summed E-state index contributed by atoms with van der Waals surface area (Å²) in [6.07, 6.45) is 5.73. The third-order valence-corrected chi connectivity index (χ3v) is 3.32. The summed E-state index contributed by atoms with van der Waals surface area (Å²) in [5.41, 5.74) is 7.91. The number of anilines is 1. The van der Waals surface area contributed by atoms with Crippen LogP contribution in [-0.2, 0) is 13.5 Å². The lowest BCUT2D eigenvalue weighted by Gasteiger charge is -2.10. The summed E-state index contributed by atoms with van der Waals surface area (Å²) in [6.45, 7) is 0.654. The number of methoxy groups -OCH3 is 2. The Labute approximate surface area is 159 Å². The van der Waals surface area contributed by atoms with Gasteiger partial charge < -0.3 is 20.5 Å². The first-order valence-corrected chi connectivity index (χ1v) is 7.39. The molecule has 0 atom stereocenters. The van der Waals surface area contributed by atoms with Gasteiger partial charge in [-0.3, -0.25) is 9.67 Å².